The van der Waals surface area contributed by atoms with Gasteiger partial charge in [-0.2, -0.15) is 18.1 Å². The highest BCUT2D eigenvalue weighted by Gasteiger charge is 2.72. The summed E-state index contributed by atoms with van der Waals surface area (Å²) >= 11 is 0. The molecule has 2 N–H and O–H groups in total. The van der Waals surface area contributed by atoms with E-state index in [2.05, 4.69) is 4.99 Å². The predicted molar refractivity (Wildman–Crippen MR) is 105 cm³/mol. The van der Waals surface area contributed by atoms with Crippen LogP contribution in [0.2, 0.25) is 0 Å². The number of nitrogens with one attached hydrogen (secondary N) is 2. The first-order valence-corrected chi connectivity index (χ1v) is 9.72. The summed E-state index contributed by atoms with van der Waals surface area (Å²) in [6.07, 6.45) is -4.06. The first-order chi connectivity index (χ1) is 14.3. The molecule has 0 radical (unpaired) electrons. The molecule has 0 aromatic heterocycles. The third kappa shape index (κ3) is 4.22. The van der Waals surface area contributed by atoms with Crippen molar-refractivity contribution in [3.8, 4) is 0 Å². The van der Waals surface area contributed by atoms with Gasteiger partial charge in [0.2, 0.25) is 5.91 Å². The van der Waals surface area contributed by atoms with Crippen LogP contribution in [0, 0.1) is 0 Å². The largest absolute Gasteiger partial charge is 0.465 e. The maximum absolute atomic E-state index is 14.2. The number of amidine groups is 1. The molecule has 2 aromatic carbocycles. The van der Waals surface area contributed by atoms with E-state index in [4.69, 9.17) is 0 Å². The number of nitrogens with zero attached hydrogens (tertiary/aromatic N) is 1. The van der Waals surface area contributed by atoms with Gasteiger partial charge in [0.1, 0.15) is 6.54 Å². The Hall–Kier alpha value is -3.16. The molecular weight excluding hydrogens is 395 g/mol. The predicted octanol–water partition coefficient (Wildman–Crippen LogP) is 2.12. The number of unbranched alkanes of at least 4 members (excludes halogenated alkanes) is 1. The second-order valence-electron chi connectivity index (χ2n) is 7.12. The molecule has 0 bridgehead atoms. The molecule has 2 amide bonds. The Labute approximate surface area is 172 Å². The van der Waals surface area contributed by atoms with Gasteiger partial charge >= 0.3 is 17.7 Å². The van der Waals surface area contributed by atoms with Crippen molar-refractivity contribution in [1.29, 1.82) is 0 Å². The quantitative estimate of drug-likeness (QED) is 0.724. The average molecular weight is 418 g/mol. The van der Waals surface area contributed by atoms with Crippen molar-refractivity contribution in [3.63, 3.8) is 0 Å². The molecule has 0 spiro atoms. The van der Waals surface area contributed by atoms with Crippen molar-refractivity contribution in [1.82, 2.24) is 10.2 Å². The van der Waals surface area contributed by atoms with Gasteiger partial charge in [0.25, 0.3) is 5.84 Å². The third-order valence-electron chi connectivity index (χ3n) is 4.88. The highest BCUT2D eigenvalue weighted by Crippen LogP contribution is 2.30. The lowest BCUT2D eigenvalue weighted by atomic mass is 10.1. The van der Waals surface area contributed by atoms with Crippen molar-refractivity contribution in [3.05, 3.63) is 71.8 Å². The number of alkyl halides is 3. The van der Waals surface area contributed by atoms with Crippen LogP contribution >= 0.6 is 0 Å². The van der Waals surface area contributed by atoms with Crippen molar-refractivity contribution >= 4 is 17.6 Å². The standard InChI is InChI=1S/C22H22F3N3O2/c1-2-3-14-18(29)26-21(22(23,24)25)20(30)28(15-16-10-6-4-7-11-16)19(27-21)17-12-8-5-9-13-17/h4-13H,2-3,14-15H2,1H3,(H,26,29)/p+1/t21-/m0/s1. The number of hydrogen-bond acceptors (Lipinski definition) is 2. The van der Waals surface area contributed by atoms with E-state index in [-0.39, 0.29) is 18.8 Å². The molecule has 158 valence electrons. The molecule has 1 aliphatic heterocycles. The van der Waals surface area contributed by atoms with Crippen LogP contribution in [0.5, 0.6) is 0 Å². The van der Waals surface area contributed by atoms with E-state index in [1.807, 2.05) is 12.2 Å². The van der Waals surface area contributed by atoms with E-state index >= 15 is 0 Å². The van der Waals surface area contributed by atoms with Crippen LogP contribution in [0.25, 0.3) is 0 Å². The molecule has 0 unspecified atom stereocenters. The fourth-order valence-corrected chi connectivity index (χ4v) is 3.30. The summed E-state index contributed by atoms with van der Waals surface area (Å²) in [6, 6.07) is 17.0. The number of carbonyl (C=O) groups is 2. The van der Waals surface area contributed by atoms with E-state index in [0.29, 0.717) is 24.0 Å². The zero-order valence-electron chi connectivity index (χ0n) is 16.5. The number of rotatable bonds is 7. The summed E-state index contributed by atoms with van der Waals surface area (Å²) in [5.74, 6) is -2.09. The topological polar surface area (TPSA) is 63.4 Å². The van der Waals surface area contributed by atoms with Crippen LogP contribution in [-0.4, -0.2) is 34.4 Å². The van der Waals surface area contributed by atoms with Gasteiger partial charge in [0, 0.05) is 6.42 Å². The van der Waals surface area contributed by atoms with E-state index in [9.17, 15) is 22.8 Å². The lowest BCUT2D eigenvalue weighted by Gasteiger charge is -2.25. The molecule has 2 aromatic rings. The van der Waals surface area contributed by atoms with E-state index in [0.717, 1.165) is 4.90 Å². The minimum absolute atomic E-state index is 0.00225. The van der Waals surface area contributed by atoms with E-state index in [1.54, 1.807) is 60.7 Å². The van der Waals surface area contributed by atoms with Crippen molar-refractivity contribution in [2.75, 3.05) is 0 Å². The number of halogens is 3. The Morgan fingerprint density at radius 3 is 2.23 bits per heavy atom. The molecular formula is C22H23F3N3O2+. The lowest BCUT2D eigenvalue weighted by Crippen LogP contribution is -2.96. The Bertz CT molecular complexity index is 930. The summed E-state index contributed by atoms with van der Waals surface area (Å²) in [6.45, 7) is 1.76. The summed E-state index contributed by atoms with van der Waals surface area (Å²) in [5, 5.41) is 1.95. The molecule has 1 aliphatic rings. The maximum Gasteiger partial charge on any atom is 0.465 e. The minimum Gasteiger partial charge on any atom is -0.298 e. The van der Waals surface area contributed by atoms with Gasteiger partial charge in [-0.3, -0.25) is 10.1 Å². The highest BCUT2D eigenvalue weighted by atomic mass is 19.4. The minimum atomic E-state index is -5.04. The highest BCUT2D eigenvalue weighted by molar-refractivity contribution is 6.11. The first kappa shape index (κ1) is 21.5. The van der Waals surface area contributed by atoms with Gasteiger partial charge < -0.3 is 0 Å². The van der Waals surface area contributed by atoms with Crippen LogP contribution in [0.1, 0.15) is 37.3 Å². The molecule has 5 nitrogen and oxygen atoms in total. The Balaban J connectivity index is 2.06. The van der Waals surface area contributed by atoms with Gasteiger partial charge in [-0.05, 0) is 24.1 Å². The summed E-state index contributed by atoms with van der Waals surface area (Å²) in [5.41, 5.74) is -2.13. The fourth-order valence-electron chi connectivity index (χ4n) is 3.30. The molecule has 0 saturated heterocycles. The molecule has 8 heteroatoms. The first-order valence-electron chi connectivity index (χ1n) is 9.72. The van der Waals surface area contributed by atoms with Crippen molar-refractivity contribution in [2.45, 2.75) is 44.6 Å². The van der Waals surface area contributed by atoms with Crippen molar-refractivity contribution < 1.29 is 27.8 Å². The smallest absolute Gasteiger partial charge is 0.298 e. The molecule has 0 aliphatic carbocycles. The van der Waals surface area contributed by atoms with Crippen LogP contribution in [0.3, 0.4) is 0 Å². The summed E-state index contributed by atoms with van der Waals surface area (Å²) in [4.78, 5) is 28.8. The van der Waals surface area contributed by atoms with Gasteiger partial charge in [-0.15, -0.1) is 0 Å². The second kappa shape index (κ2) is 8.69. The zero-order chi connectivity index (χ0) is 21.8. The molecule has 0 saturated carbocycles. The van der Waals surface area contributed by atoms with E-state index < -0.39 is 23.7 Å². The van der Waals surface area contributed by atoms with Crippen LogP contribution < -0.4 is 10.3 Å². The zero-order valence-corrected chi connectivity index (χ0v) is 16.5. The average Bonchev–Trinajstić information content (AvgIpc) is 3.01. The second-order valence-corrected chi connectivity index (χ2v) is 7.12. The maximum atomic E-state index is 14.2. The van der Waals surface area contributed by atoms with Gasteiger partial charge in [-0.1, -0.05) is 61.9 Å². The molecule has 30 heavy (non-hydrogen) atoms. The fraction of sp³-hybridized carbons (Fsp3) is 0.318. The number of hydrogen-bond donors (Lipinski definition) is 2. The monoisotopic (exact) mass is 418 g/mol. The third-order valence-corrected chi connectivity index (χ3v) is 4.88. The van der Waals surface area contributed by atoms with Gasteiger partial charge in [-0.25, -0.2) is 9.79 Å². The summed E-state index contributed by atoms with van der Waals surface area (Å²) < 4.78 is 42.6. The number of carbonyl (C=O) groups excluding carboxylic acids is 2. The molecule has 1 heterocycles. The normalized spacial score (nSPS) is 19.0. The Morgan fingerprint density at radius 2 is 1.67 bits per heavy atom. The number of benzene rings is 2. The lowest BCUT2D eigenvalue weighted by molar-refractivity contribution is -0.581. The van der Waals surface area contributed by atoms with Crippen molar-refractivity contribution in [2.24, 2.45) is 0 Å². The Morgan fingerprint density at radius 1 is 1.07 bits per heavy atom. The van der Waals surface area contributed by atoms with Gasteiger partial charge in [0.15, 0.2) is 0 Å². The van der Waals surface area contributed by atoms with Crippen LogP contribution in [-0.2, 0) is 16.1 Å². The van der Waals surface area contributed by atoms with E-state index in [1.165, 1.54) is 0 Å². The summed E-state index contributed by atoms with van der Waals surface area (Å²) in [7, 11) is 0. The Kier molecular flexibility index (Phi) is 6.24. The van der Waals surface area contributed by atoms with Crippen LogP contribution in [0.4, 0.5) is 13.2 Å². The number of amides is 2. The molecule has 1 atom stereocenters. The van der Waals surface area contributed by atoms with Crippen LogP contribution in [0.15, 0.2) is 60.7 Å². The van der Waals surface area contributed by atoms with Gasteiger partial charge in [0.05, 0.1) is 5.56 Å². The SMILES string of the molecule is CCCCC(=O)N[C@]1(C(F)(F)F)[NH+]=C(c2ccccc2)N(Cc2ccccc2)C1=O. The molecule has 0 fully saturated rings. The molecule has 3 rings (SSSR count).